The van der Waals surface area contributed by atoms with E-state index in [0.717, 1.165) is 28.2 Å². The van der Waals surface area contributed by atoms with Gasteiger partial charge in [0.25, 0.3) is 15.9 Å². The van der Waals surface area contributed by atoms with Crippen molar-refractivity contribution in [2.75, 3.05) is 4.31 Å². The number of hydrogen-bond acceptors (Lipinski definition) is 4. The van der Waals surface area contributed by atoms with Gasteiger partial charge in [-0.1, -0.05) is 65.7 Å². The minimum Gasteiger partial charge on any atom is -0.318 e. The summed E-state index contributed by atoms with van der Waals surface area (Å²) in [5, 5.41) is 4.63. The second kappa shape index (κ2) is 12.9. The number of hydrogen-bond donors (Lipinski definition) is 1. The number of nitrogens with one attached hydrogen (secondary N) is 1. The van der Waals surface area contributed by atoms with Crippen LogP contribution in [-0.2, 0) is 16.6 Å². The van der Waals surface area contributed by atoms with E-state index in [0.29, 0.717) is 21.8 Å². The molecule has 0 aliphatic rings. The molecule has 1 heterocycles. The number of anilines is 1. The van der Waals surface area contributed by atoms with Gasteiger partial charge >= 0.3 is 0 Å². The molecule has 4 aromatic carbocycles. The van der Waals surface area contributed by atoms with Gasteiger partial charge in [0.2, 0.25) is 0 Å². The first-order chi connectivity index (χ1) is 21.0. The van der Waals surface area contributed by atoms with Crippen molar-refractivity contribution in [3.05, 3.63) is 147 Å². The molecule has 0 saturated heterocycles. The van der Waals surface area contributed by atoms with E-state index in [4.69, 9.17) is 11.6 Å². The molecule has 224 valence electrons. The highest BCUT2D eigenvalue weighted by molar-refractivity contribution is 7.92. The molecule has 9 heteroatoms. The first kappa shape index (κ1) is 30.8. The summed E-state index contributed by atoms with van der Waals surface area (Å²) < 4.78 is 31.0. The minimum absolute atomic E-state index is 0.0507. The topological polar surface area (TPSA) is 83.8 Å². The number of carbonyl (C=O) groups excluding carboxylic acids is 1. The van der Waals surface area contributed by atoms with Crippen LogP contribution in [0.25, 0.3) is 5.69 Å². The molecule has 1 aromatic heterocycles. The molecule has 5 rings (SSSR count). The van der Waals surface area contributed by atoms with Crippen molar-refractivity contribution in [3.63, 3.8) is 0 Å². The van der Waals surface area contributed by atoms with Crippen LogP contribution in [0.2, 0.25) is 5.02 Å². The van der Waals surface area contributed by atoms with Crippen LogP contribution in [-0.4, -0.2) is 25.1 Å². The van der Waals surface area contributed by atoms with Gasteiger partial charge in [-0.25, -0.2) is 13.8 Å². The number of aromatic nitrogens is 1. The number of rotatable bonds is 9. The van der Waals surface area contributed by atoms with E-state index >= 15 is 0 Å². The number of halogens is 1. The molecule has 0 aliphatic carbocycles. The summed E-state index contributed by atoms with van der Waals surface area (Å²) in [6, 6.07) is 30.6. The van der Waals surface area contributed by atoms with Crippen LogP contribution < -0.4 is 9.73 Å². The number of nitrogens with zero attached hydrogens (tertiary/aromatic N) is 3. The average Bonchev–Trinajstić information content (AvgIpc) is 3.30. The highest BCUT2D eigenvalue weighted by Crippen LogP contribution is 2.31. The normalized spacial score (nSPS) is 11.6. The van der Waals surface area contributed by atoms with Crippen LogP contribution in [0.5, 0.6) is 0 Å². The van der Waals surface area contributed by atoms with E-state index in [1.807, 2.05) is 26.8 Å². The van der Waals surface area contributed by atoms with Gasteiger partial charge in [-0.2, -0.15) is 5.10 Å². The predicted molar refractivity (Wildman–Crippen MR) is 177 cm³/mol. The van der Waals surface area contributed by atoms with Crippen LogP contribution in [0.3, 0.4) is 0 Å². The van der Waals surface area contributed by atoms with Gasteiger partial charge in [0.05, 0.1) is 23.3 Å². The molecule has 0 unspecified atom stereocenters. The maximum atomic E-state index is 13.8. The molecule has 1 amide bonds. The molecule has 7 nitrogen and oxygen atoms in total. The van der Waals surface area contributed by atoms with Crippen molar-refractivity contribution in [3.8, 4) is 5.69 Å². The molecule has 0 aliphatic heterocycles. The lowest BCUT2D eigenvalue weighted by Crippen LogP contribution is -2.31. The first-order valence-corrected chi connectivity index (χ1v) is 15.9. The number of aryl methyl sites for hydroxylation is 3. The van der Waals surface area contributed by atoms with E-state index in [1.54, 1.807) is 79.0 Å². The third-order valence-electron chi connectivity index (χ3n) is 7.45. The summed E-state index contributed by atoms with van der Waals surface area (Å²) in [6.45, 7) is 7.99. The molecule has 5 aromatic rings. The van der Waals surface area contributed by atoms with Crippen LogP contribution in [0, 0.1) is 27.7 Å². The number of benzene rings is 4. The second-order valence-electron chi connectivity index (χ2n) is 10.6. The molecule has 1 N–H and O–H groups in total. The molecule has 0 spiro atoms. The van der Waals surface area contributed by atoms with E-state index in [9.17, 15) is 13.2 Å². The molecule has 0 fully saturated rings. The highest BCUT2D eigenvalue weighted by atomic mass is 35.5. The predicted octanol–water partition coefficient (Wildman–Crippen LogP) is 7.52. The quantitative estimate of drug-likeness (QED) is 0.136. The second-order valence-corrected chi connectivity index (χ2v) is 12.9. The Bertz CT molecular complexity index is 1930. The Morgan fingerprint density at radius 1 is 0.886 bits per heavy atom. The van der Waals surface area contributed by atoms with Crippen LogP contribution in [0.15, 0.2) is 113 Å². The Labute approximate surface area is 263 Å². The first-order valence-electron chi connectivity index (χ1n) is 14.1. The molecular formula is C35H33ClN4O3S. The van der Waals surface area contributed by atoms with Crippen LogP contribution in [0.1, 0.15) is 44.0 Å². The maximum Gasteiger partial charge on any atom is 0.271 e. The molecule has 0 atom stereocenters. The summed E-state index contributed by atoms with van der Waals surface area (Å²) in [6.07, 6.45) is 1.64. The fraction of sp³-hybridized carbons (Fsp3) is 0.143. The zero-order valence-electron chi connectivity index (χ0n) is 25.0. The van der Waals surface area contributed by atoms with Crippen LogP contribution in [0.4, 0.5) is 5.69 Å². The minimum atomic E-state index is -3.91. The van der Waals surface area contributed by atoms with E-state index < -0.39 is 10.0 Å². The summed E-state index contributed by atoms with van der Waals surface area (Å²) in [5.74, 6) is -0.375. The van der Waals surface area contributed by atoms with Crippen molar-refractivity contribution in [1.82, 2.24) is 9.99 Å². The fourth-order valence-electron chi connectivity index (χ4n) is 5.03. The maximum absolute atomic E-state index is 13.8. The van der Waals surface area contributed by atoms with Gasteiger partial charge in [0, 0.05) is 33.2 Å². The highest BCUT2D eigenvalue weighted by Gasteiger charge is 2.26. The Balaban J connectivity index is 1.32. The van der Waals surface area contributed by atoms with Gasteiger partial charge in [-0.15, -0.1) is 0 Å². The summed E-state index contributed by atoms with van der Waals surface area (Å²) in [7, 11) is -3.91. The Morgan fingerprint density at radius 2 is 1.57 bits per heavy atom. The summed E-state index contributed by atoms with van der Waals surface area (Å²) in [4.78, 5) is 13.0. The van der Waals surface area contributed by atoms with Gasteiger partial charge in [0.15, 0.2) is 0 Å². The number of carbonyl (C=O) groups is 1. The monoisotopic (exact) mass is 624 g/mol. The van der Waals surface area contributed by atoms with Crippen LogP contribution >= 0.6 is 11.6 Å². The third-order valence-corrected chi connectivity index (χ3v) is 9.45. The summed E-state index contributed by atoms with van der Waals surface area (Å²) >= 11 is 6.27. The van der Waals surface area contributed by atoms with E-state index in [1.165, 1.54) is 9.87 Å². The third kappa shape index (κ3) is 6.61. The average molecular weight is 625 g/mol. The van der Waals surface area contributed by atoms with E-state index in [2.05, 4.69) is 46.3 Å². The Hall–Kier alpha value is -4.66. The van der Waals surface area contributed by atoms with Crippen molar-refractivity contribution in [1.29, 1.82) is 0 Å². The van der Waals surface area contributed by atoms with Gasteiger partial charge < -0.3 is 4.57 Å². The lowest BCUT2D eigenvalue weighted by Gasteiger charge is -2.26. The van der Waals surface area contributed by atoms with Gasteiger partial charge in [0.1, 0.15) is 0 Å². The van der Waals surface area contributed by atoms with E-state index in [-0.39, 0.29) is 17.3 Å². The fourth-order valence-corrected chi connectivity index (χ4v) is 6.73. The van der Waals surface area contributed by atoms with Crippen molar-refractivity contribution >= 4 is 39.4 Å². The lowest BCUT2D eigenvalue weighted by atomic mass is 10.1. The molecular weight excluding hydrogens is 592 g/mol. The smallest absolute Gasteiger partial charge is 0.271 e. The van der Waals surface area contributed by atoms with Gasteiger partial charge in [-0.05, 0) is 93.4 Å². The van der Waals surface area contributed by atoms with Gasteiger partial charge in [-0.3, -0.25) is 9.10 Å². The molecule has 0 bridgehead atoms. The molecule has 0 radical (unpaired) electrons. The zero-order chi connectivity index (χ0) is 31.4. The number of hydrazone groups is 1. The molecule has 44 heavy (non-hydrogen) atoms. The zero-order valence-corrected chi connectivity index (χ0v) is 26.5. The number of amides is 1. The SMILES string of the molecule is Cc1ccc(-n2c(C)cc(/C=N\NC(=O)c3ccc(CN(c4cc(Cl)ccc4C)S(=O)(=O)c4ccccc4)cc3)c2C)cc1. The standard InChI is InChI=1S/C35H33ClN4O3S/c1-24-10-18-32(19-11-24)40-26(3)20-30(27(40)4)22-37-38-35(41)29-15-13-28(14-16-29)23-39(34-21-31(36)17-12-25(34)2)44(42,43)33-8-6-5-7-9-33/h5-22H,23H2,1-4H3,(H,38,41)/b37-22-. The lowest BCUT2D eigenvalue weighted by molar-refractivity contribution is 0.0955. The Morgan fingerprint density at radius 3 is 2.25 bits per heavy atom. The largest absolute Gasteiger partial charge is 0.318 e. The van der Waals surface area contributed by atoms with Crippen molar-refractivity contribution in [2.24, 2.45) is 5.10 Å². The summed E-state index contributed by atoms with van der Waals surface area (Å²) in [5.41, 5.74) is 10.2. The number of sulfonamides is 1. The van der Waals surface area contributed by atoms with Crippen molar-refractivity contribution < 1.29 is 13.2 Å². The van der Waals surface area contributed by atoms with Crippen molar-refractivity contribution in [2.45, 2.75) is 39.1 Å². The molecule has 0 saturated carbocycles. The Kier molecular flexibility index (Phi) is 9.04.